The highest BCUT2D eigenvalue weighted by Gasteiger charge is 2.22. The summed E-state index contributed by atoms with van der Waals surface area (Å²) in [6.07, 6.45) is 5.22. The van der Waals surface area contributed by atoms with Gasteiger partial charge in [-0.1, -0.05) is 31.9 Å². The molecule has 2 aromatic rings. The third kappa shape index (κ3) is 2.76. The minimum absolute atomic E-state index is 0.656. The first kappa shape index (κ1) is 13.3. The molecule has 0 atom stereocenters. The number of aromatic nitrogens is 1. The van der Waals surface area contributed by atoms with Crippen LogP contribution in [0.15, 0.2) is 29.6 Å². The molecule has 0 spiro atoms. The molecular formula is C17H18N2S. The average molecular weight is 282 g/mol. The van der Waals surface area contributed by atoms with Gasteiger partial charge in [-0.15, -0.1) is 11.3 Å². The van der Waals surface area contributed by atoms with E-state index in [4.69, 9.17) is 10.2 Å². The average Bonchev–Trinajstić information content (AvgIpc) is 2.98. The van der Waals surface area contributed by atoms with Gasteiger partial charge in [0, 0.05) is 16.9 Å². The summed E-state index contributed by atoms with van der Waals surface area (Å²) in [5.74, 6) is 1.53. The molecule has 1 aromatic heterocycles. The van der Waals surface area contributed by atoms with E-state index in [1.165, 1.54) is 30.7 Å². The lowest BCUT2D eigenvalue weighted by Gasteiger charge is -2.24. The van der Waals surface area contributed by atoms with Crippen LogP contribution >= 0.6 is 11.3 Å². The number of thiazole rings is 1. The molecule has 0 saturated heterocycles. The van der Waals surface area contributed by atoms with Crippen LogP contribution < -0.4 is 0 Å². The third-order valence-electron chi connectivity index (χ3n) is 4.20. The van der Waals surface area contributed by atoms with Crippen LogP contribution in [0.3, 0.4) is 0 Å². The van der Waals surface area contributed by atoms with Crippen LogP contribution in [0.25, 0.3) is 11.3 Å². The molecule has 3 heteroatoms. The van der Waals surface area contributed by atoms with Crippen molar-refractivity contribution < 1.29 is 0 Å². The van der Waals surface area contributed by atoms with Crippen LogP contribution in [0.5, 0.6) is 0 Å². The number of hydrogen-bond acceptors (Lipinski definition) is 3. The Hall–Kier alpha value is -1.66. The number of benzene rings is 1. The van der Waals surface area contributed by atoms with E-state index in [1.807, 2.05) is 24.3 Å². The van der Waals surface area contributed by atoms with Crippen LogP contribution in [-0.2, 0) is 0 Å². The number of hydrogen-bond donors (Lipinski definition) is 0. The van der Waals surface area contributed by atoms with E-state index in [-0.39, 0.29) is 0 Å². The molecule has 0 unspecified atom stereocenters. The Balaban J connectivity index is 1.77. The molecule has 1 saturated carbocycles. The van der Waals surface area contributed by atoms with E-state index in [9.17, 15) is 0 Å². The fourth-order valence-corrected chi connectivity index (χ4v) is 3.83. The molecule has 20 heavy (non-hydrogen) atoms. The van der Waals surface area contributed by atoms with Gasteiger partial charge < -0.3 is 0 Å². The monoisotopic (exact) mass is 282 g/mol. The predicted octanol–water partition coefficient (Wildman–Crippen LogP) is 4.98. The fraction of sp³-hybridized carbons (Fsp3) is 0.412. The molecule has 0 amide bonds. The smallest absolute Gasteiger partial charge is 0.0991 e. The van der Waals surface area contributed by atoms with Crippen LogP contribution in [0.4, 0.5) is 0 Å². The Morgan fingerprint density at radius 2 is 1.85 bits per heavy atom. The third-order valence-corrected chi connectivity index (χ3v) is 5.20. The summed E-state index contributed by atoms with van der Waals surface area (Å²) in [5.41, 5.74) is 2.86. The summed E-state index contributed by atoms with van der Waals surface area (Å²) in [7, 11) is 0. The zero-order valence-electron chi connectivity index (χ0n) is 11.7. The molecule has 0 N–H and O–H groups in total. The Bertz CT molecular complexity index is 613. The molecule has 1 aromatic carbocycles. The van der Waals surface area contributed by atoms with Gasteiger partial charge >= 0.3 is 0 Å². The van der Waals surface area contributed by atoms with Crippen LogP contribution in [0.1, 0.15) is 49.1 Å². The van der Waals surface area contributed by atoms with Crippen molar-refractivity contribution in [3.63, 3.8) is 0 Å². The molecule has 2 nitrogen and oxygen atoms in total. The lowest BCUT2D eigenvalue weighted by Crippen LogP contribution is -2.10. The van der Waals surface area contributed by atoms with Gasteiger partial charge in [0.1, 0.15) is 0 Å². The van der Waals surface area contributed by atoms with E-state index in [0.29, 0.717) is 11.5 Å². The Kier molecular flexibility index (Phi) is 3.84. The van der Waals surface area contributed by atoms with E-state index in [0.717, 1.165) is 17.2 Å². The zero-order valence-corrected chi connectivity index (χ0v) is 12.5. The largest absolute Gasteiger partial charge is 0.241 e. The van der Waals surface area contributed by atoms with Crippen LogP contribution in [0, 0.1) is 17.2 Å². The van der Waals surface area contributed by atoms with Gasteiger partial charge in [0.05, 0.1) is 22.3 Å². The van der Waals surface area contributed by atoms with Gasteiger partial charge in [-0.05, 0) is 30.9 Å². The Morgan fingerprint density at radius 3 is 2.50 bits per heavy atom. The van der Waals surface area contributed by atoms with Crippen molar-refractivity contribution >= 4 is 11.3 Å². The second-order valence-corrected chi connectivity index (χ2v) is 6.61. The molecule has 1 aliphatic carbocycles. The molecule has 0 radical (unpaired) electrons. The summed E-state index contributed by atoms with van der Waals surface area (Å²) in [6, 6.07) is 9.84. The summed E-state index contributed by atoms with van der Waals surface area (Å²) in [5, 5.41) is 12.3. The Labute approximate surface area is 124 Å². The lowest BCUT2D eigenvalue weighted by molar-refractivity contribution is 0.347. The van der Waals surface area contributed by atoms with Crippen molar-refractivity contribution in [3.8, 4) is 17.3 Å². The fourth-order valence-electron chi connectivity index (χ4n) is 2.83. The summed E-state index contributed by atoms with van der Waals surface area (Å²) in [6.45, 7) is 2.35. The predicted molar refractivity (Wildman–Crippen MR) is 82.6 cm³/mol. The maximum Gasteiger partial charge on any atom is 0.0991 e. The van der Waals surface area contributed by atoms with Gasteiger partial charge in [0.25, 0.3) is 0 Å². The van der Waals surface area contributed by atoms with Crippen LogP contribution in [0.2, 0.25) is 0 Å². The van der Waals surface area contributed by atoms with Crippen molar-refractivity contribution in [3.05, 3.63) is 40.2 Å². The number of nitrogens with zero attached hydrogens (tertiary/aromatic N) is 2. The summed E-state index contributed by atoms with van der Waals surface area (Å²) < 4.78 is 0. The second kappa shape index (κ2) is 5.76. The first-order chi connectivity index (χ1) is 9.76. The summed E-state index contributed by atoms with van der Waals surface area (Å²) >= 11 is 1.79. The van der Waals surface area contributed by atoms with Gasteiger partial charge in [0.2, 0.25) is 0 Å². The highest BCUT2D eigenvalue weighted by Crippen LogP contribution is 2.37. The zero-order chi connectivity index (χ0) is 13.9. The molecule has 1 aliphatic rings. The molecule has 3 rings (SSSR count). The topological polar surface area (TPSA) is 36.7 Å². The Morgan fingerprint density at radius 1 is 1.15 bits per heavy atom. The maximum absolute atomic E-state index is 8.83. The van der Waals surface area contributed by atoms with E-state index in [2.05, 4.69) is 18.4 Å². The molecule has 102 valence electrons. The standard InChI is InChI=1S/C17H18N2S/c1-12-2-6-15(7-3-12)17-19-16(11-20-17)14-8-4-13(10-18)5-9-14/h4-5,8-9,11-12,15H,2-3,6-7H2,1H3. The SMILES string of the molecule is CC1CCC(c2nc(-c3ccc(C#N)cc3)cs2)CC1. The lowest BCUT2D eigenvalue weighted by atomic mass is 9.83. The van der Waals surface area contributed by atoms with E-state index < -0.39 is 0 Å². The molecule has 1 heterocycles. The molecular weight excluding hydrogens is 264 g/mol. The highest BCUT2D eigenvalue weighted by atomic mass is 32.1. The second-order valence-electron chi connectivity index (χ2n) is 5.72. The number of rotatable bonds is 2. The van der Waals surface area contributed by atoms with Crippen molar-refractivity contribution in [1.82, 2.24) is 4.98 Å². The quantitative estimate of drug-likeness (QED) is 0.779. The van der Waals surface area contributed by atoms with E-state index in [1.54, 1.807) is 11.3 Å². The molecule has 0 bridgehead atoms. The van der Waals surface area contributed by atoms with E-state index >= 15 is 0 Å². The number of nitriles is 1. The molecule has 1 fully saturated rings. The van der Waals surface area contributed by atoms with Crippen molar-refractivity contribution in [2.45, 2.75) is 38.5 Å². The van der Waals surface area contributed by atoms with Crippen molar-refractivity contribution in [2.75, 3.05) is 0 Å². The normalized spacial score (nSPS) is 22.4. The van der Waals surface area contributed by atoms with Gasteiger partial charge in [0.15, 0.2) is 0 Å². The van der Waals surface area contributed by atoms with Crippen molar-refractivity contribution in [2.24, 2.45) is 5.92 Å². The first-order valence-corrected chi connectivity index (χ1v) is 8.10. The minimum Gasteiger partial charge on any atom is -0.241 e. The van der Waals surface area contributed by atoms with Crippen molar-refractivity contribution in [1.29, 1.82) is 5.26 Å². The maximum atomic E-state index is 8.83. The first-order valence-electron chi connectivity index (χ1n) is 7.22. The molecule has 0 aliphatic heterocycles. The van der Waals surface area contributed by atoms with Gasteiger partial charge in [-0.25, -0.2) is 4.98 Å². The van der Waals surface area contributed by atoms with Gasteiger partial charge in [-0.3, -0.25) is 0 Å². The van der Waals surface area contributed by atoms with Gasteiger partial charge in [-0.2, -0.15) is 5.26 Å². The summed E-state index contributed by atoms with van der Waals surface area (Å²) in [4.78, 5) is 4.82. The minimum atomic E-state index is 0.656. The van der Waals surface area contributed by atoms with Crippen LogP contribution in [-0.4, -0.2) is 4.98 Å². The highest BCUT2D eigenvalue weighted by molar-refractivity contribution is 7.10.